The summed E-state index contributed by atoms with van der Waals surface area (Å²) >= 11 is 0. The van der Waals surface area contributed by atoms with Gasteiger partial charge in [0, 0.05) is 6.07 Å². The van der Waals surface area contributed by atoms with E-state index < -0.39 is 12.4 Å². The molecule has 0 N–H and O–H groups in total. The quantitative estimate of drug-likeness (QED) is 0.754. The Morgan fingerprint density at radius 3 is 2.79 bits per heavy atom. The van der Waals surface area contributed by atoms with Crippen LogP contribution in [0, 0.1) is 5.82 Å². The van der Waals surface area contributed by atoms with Gasteiger partial charge in [-0.25, -0.2) is 9.37 Å². The average molecular weight is 205 g/mol. The maximum Gasteiger partial charge on any atom is 0.388 e. The molecule has 2 nitrogen and oxygen atoms in total. The number of nitrogens with zero attached hydrogens (tertiary/aromatic N) is 1. The van der Waals surface area contributed by atoms with Crippen LogP contribution in [0.4, 0.5) is 13.2 Å². The molecule has 0 saturated carbocycles. The van der Waals surface area contributed by atoms with E-state index in [4.69, 9.17) is 0 Å². The third kappa shape index (κ3) is 2.90. The zero-order valence-electron chi connectivity index (χ0n) is 7.64. The van der Waals surface area contributed by atoms with Crippen LogP contribution < -0.4 is 4.74 Å². The third-order valence-corrected chi connectivity index (χ3v) is 1.64. The lowest BCUT2D eigenvalue weighted by molar-refractivity contribution is -0.0529. The molecule has 0 aliphatic carbocycles. The number of hydrogen-bond acceptors (Lipinski definition) is 2. The number of aromatic nitrogens is 1. The van der Waals surface area contributed by atoms with Gasteiger partial charge in [0.15, 0.2) is 0 Å². The molecule has 78 valence electrons. The topological polar surface area (TPSA) is 22.1 Å². The van der Waals surface area contributed by atoms with Crippen molar-refractivity contribution < 1.29 is 17.9 Å². The van der Waals surface area contributed by atoms with Crippen molar-refractivity contribution >= 4 is 0 Å². The van der Waals surface area contributed by atoms with Crippen LogP contribution in [0.5, 0.6) is 5.88 Å². The molecule has 0 saturated heterocycles. The zero-order valence-corrected chi connectivity index (χ0v) is 7.64. The largest absolute Gasteiger partial charge is 0.417 e. The van der Waals surface area contributed by atoms with Gasteiger partial charge in [-0.1, -0.05) is 13.3 Å². The minimum Gasteiger partial charge on any atom is -0.417 e. The molecule has 0 aliphatic rings. The van der Waals surface area contributed by atoms with Crippen LogP contribution in [0.1, 0.15) is 18.9 Å². The van der Waals surface area contributed by atoms with Crippen LogP contribution in [-0.4, -0.2) is 11.6 Å². The van der Waals surface area contributed by atoms with Crippen LogP contribution in [0.3, 0.4) is 0 Å². The maximum atomic E-state index is 13.0. The standard InChI is InChI=1S/C9H10F3NO/c1-2-3-6-4-8(14-9(11)12)13-5-7(6)10/h4-5,9H,2-3H2,1H3. The van der Waals surface area contributed by atoms with Crippen molar-refractivity contribution in [2.45, 2.75) is 26.4 Å². The molecule has 1 rings (SSSR count). The highest BCUT2D eigenvalue weighted by Crippen LogP contribution is 2.16. The van der Waals surface area contributed by atoms with E-state index in [0.717, 1.165) is 12.6 Å². The fourth-order valence-electron chi connectivity index (χ4n) is 1.08. The van der Waals surface area contributed by atoms with E-state index in [-0.39, 0.29) is 5.88 Å². The lowest BCUT2D eigenvalue weighted by Crippen LogP contribution is -2.04. The molecule has 0 radical (unpaired) electrons. The zero-order chi connectivity index (χ0) is 10.6. The van der Waals surface area contributed by atoms with E-state index in [2.05, 4.69) is 9.72 Å². The van der Waals surface area contributed by atoms with E-state index in [1.165, 1.54) is 6.07 Å². The summed E-state index contributed by atoms with van der Waals surface area (Å²) in [5.74, 6) is -0.738. The van der Waals surface area contributed by atoms with Gasteiger partial charge < -0.3 is 4.74 Å². The molecule has 1 aromatic rings. The molecule has 5 heteroatoms. The molecule has 0 fully saturated rings. The Labute approximate surface area is 79.7 Å². The van der Waals surface area contributed by atoms with Gasteiger partial charge >= 0.3 is 6.61 Å². The first-order chi connectivity index (χ1) is 6.63. The summed E-state index contributed by atoms with van der Waals surface area (Å²) in [6.45, 7) is -1.06. The van der Waals surface area contributed by atoms with Crippen molar-refractivity contribution in [1.82, 2.24) is 4.98 Å². The predicted octanol–water partition coefficient (Wildman–Crippen LogP) is 2.77. The number of hydrogen-bond donors (Lipinski definition) is 0. The summed E-state index contributed by atoms with van der Waals surface area (Å²) in [6, 6.07) is 1.20. The van der Waals surface area contributed by atoms with Crippen LogP contribution in [-0.2, 0) is 6.42 Å². The predicted molar refractivity (Wildman–Crippen MR) is 44.8 cm³/mol. The van der Waals surface area contributed by atoms with Crippen LogP contribution >= 0.6 is 0 Å². The smallest absolute Gasteiger partial charge is 0.388 e. The summed E-state index contributed by atoms with van der Waals surface area (Å²) in [6.07, 6.45) is 2.10. The van der Waals surface area contributed by atoms with Gasteiger partial charge in [0.25, 0.3) is 0 Å². The highest BCUT2D eigenvalue weighted by atomic mass is 19.3. The van der Waals surface area contributed by atoms with Crippen molar-refractivity contribution in [3.05, 3.63) is 23.6 Å². The van der Waals surface area contributed by atoms with Crippen molar-refractivity contribution in [2.75, 3.05) is 0 Å². The monoisotopic (exact) mass is 205 g/mol. The molecule has 0 unspecified atom stereocenters. The molecule has 1 aromatic heterocycles. The van der Waals surface area contributed by atoms with Crippen LogP contribution in [0.15, 0.2) is 12.3 Å². The van der Waals surface area contributed by atoms with Crippen LogP contribution in [0.25, 0.3) is 0 Å². The first-order valence-corrected chi connectivity index (χ1v) is 4.22. The molecule has 1 heterocycles. The van der Waals surface area contributed by atoms with Crippen molar-refractivity contribution in [2.24, 2.45) is 0 Å². The Morgan fingerprint density at radius 2 is 2.21 bits per heavy atom. The summed E-state index contributed by atoms with van der Waals surface area (Å²) in [4.78, 5) is 3.38. The van der Waals surface area contributed by atoms with Gasteiger partial charge in [0.05, 0.1) is 6.20 Å². The van der Waals surface area contributed by atoms with E-state index in [9.17, 15) is 13.2 Å². The molecule has 14 heavy (non-hydrogen) atoms. The van der Waals surface area contributed by atoms with E-state index in [1.54, 1.807) is 0 Å². The molecule has 0 amide bonds. The fraction of sp³-hybridized carbons (Fsp3) is 0.444. The Morgan fingerprint density at radius 1 is 1.50 bits per heavy atom. The molecule has 0 atom stereocenters. The number of aryl methyl sites for hydroxylation is 1. The normalized spacial score (nSPS) is 10.6. The fourth-order valence-corrected chi connectivity index (χ4v) is 1.08. The van der Waals surface area contributed by atoms with E-state index in [1.807, 2.05) is 6.92 Å². The maximum absolute atomic E-state index is 13.0. The SMILES string of the molecule is CCCc1cc(OC(F)F)ncc1F. The van der Waals surface area contributed by atoms with E-state index in [0.29, 0.717) is 12.0 Å². The van der Waals surface area contributed by atoms with Gasteiger partial charge in [-0.3, -0.25) is 0 Å². The highest BCUT2D eigenvalue weighted by Gasteiger charge is 2.08. The first-order valence-electron chi connectivity index (χ1n) is 4.22. The second-order valence-corrected chi connectivity index (χ2v) is 2.74. The number of rotatable bonds is 4. The number of alkyl halides is 2. The van der Waals surface area contributed by atoms with Gasteiger partial charge in [-0.2, -0.15) is 8.78 Å². The summed E-state index contributed by atoms with van der Waals surface area (Å²) in [7, 11) is 0. The van der Waals surface area contributed by atoms with Gasteiger partial charge in [0.1, 0.15) is 5.82 Å². The van der Waals surface area contributed by atoms with Crippen LogP contribution in [0.2, 0.25) is 0 Å². The van der Waals surface area contributed by atoms with Gasteiger partial charge in [-0.05, 0) is 12.0 Å². The lowest BCUT2D eigenvalue weighted by Gasteiger charge is -2.05. The minimum atomic E-state index is -2.93. The van der Waals surface area contributed by atoms with Crippen molar-refractivity contribution in [3.8, 4) is 5.88 Å². The molecule has 0 aromatic carbocycles. The Balaban J connectivity index is 2.83. The minimum absolute atomic E-state index is 0.246. The third-order valence-electron chi connectivity index (χ3n) is 1.64. The number of halogens is 3. The Hall–Kier alpha value is -1.26. The average Bonchev–Trinajstić information content (AvgIpc) is 2.10. The summed E-state index contributed by atoms with van der Waals surface area (Å²) < 4.78 is 40.6. The molecule has 0 aliphatic heterocycles. The molecule has 0 spiro atoms. The second-order valence-electron chi connectivity index (χ2n) is 2.74. The molecular weight excluding hydrogens is 195 g/mol. The van der Waals surface area contributed by atoms with Crippen molar-refractivity contribution in [1.29, 1.82) is 0 Å². The first kappa shape index (κ1) is 10.8. The highest BCUT2D eigenvalue weighted by molar-refractivity contribution is 5.22. The van der Waals surface area contributed by atoms with Gasteiger partial charge in [0.2, 0.25) is 5.88 Å². The number of pyridine rings is 1. The number of ether oxygens (including phenoxy) is 1. The summed E-state index contributed by atoms with van der Waals surface area (Å²) in [5, 5.41) is 0. The van der Waals surface area contributed by atoms with Crippen molar-refractivity contribution in [3.63, 3.8) is 0 Å². The van der Waals surface area contributed by atoms with Gasteiger partial charge in [-0.15, -0.1) is 0 Å². The Kier molecular flexibility index (Phi) is 3.73. The second kappa shape index (κ2) is 4.83. The lowest BCUT2D eigenvalue weighted by atomic mass is 10.1. The summed E-state index contributed by atoms with van der Waals surface area (Å²) in [5.41, 5.74) is 0.346. The van der Waals surface area contributed by atoms with E-state index >= 15 is 0 Å². The molecule has 0 bridgehead atoms. The molecular formula is C9H10F3NO. The Bertz CT molecular complexity index is 304.